The van der Waals surface area contributed by atoms with E-state index in [0.717, 1.165) is 12.8 Å². The number of allylic oxidation sites excluding steroid dienone is 4. The quantitative estimate of drug-likeness (QED) is 0.173. The highest BCUT2D eigenvalue weighted by molar-refractivity contribution is 6.92. The fourth-order valence-electron chi connectivity index (χ4n) is 9.15. The van der Waals surface area contributed by atoms with E-state index in [4.69, 9.17) is 0 Å². The first kappa shape index (κ1) is 28.9. The topological polar surface area (TPSA) is 0 Å². The predicted octanol–water partition coefficient (Wildman–Crippen LogP) is 10.2. The van der Waals surface area contributed by atoms with Gasteiger partial charge in [0.15, 0.2) is 0 Å². The highest BCUT2D eigenvalue weighted by Gasteiger charge is 2.45. The van der Waals surface area contributed by atoms with E-state index < -0.39 is 16.1 Å². The van der Waals surface area contributed by atoms with Crippen LogP contribution in [0.5, 0.6) is 0 Å². The van der Waals surface area contributed by atoms with Crippen molar-refractivity contribution in [3.63, 3.8) is 0 Å². The molecule has 0 N–H and O–H groups in total. The summed E-state index contributed by atoms with van der Waals surface area (Å²) < 4.78 is 0. The highest BCUT2D eigenvalue weighted by Crippen LogP contribution is 2.51. The molecule has 1 saturated carbocycles. The summed E-state index contributed by atoms with van der Waals surface area (Å²) in [7, 11) is -2.98. The minimum atomic E-state index is -1.58. The molecule has 0 radical (unpaired) electrons. The van der Waals surface area contributed by atoms with Gasteiger partial charge in [-0.25, -0.2) is 0 Å². The lowest BCUT2D eigenvalue weighted by atomic mass is 9.66. The zero-order valence-electron chi connectivity index (χ0n) is 26.0. The summed E-state index contributed by atoms with van der Waals surface area (Å²) in [6.45, 7) is 14.9. The number of hydrogen-bond acceptors (Lipinski definition) is 0. The van der Waals surface area contributed by atoms with Crippen molar-refractivity contribution in [2.24, 2.45) is 0 Å². The van der Waals surface area contributed by atoms with Crippen LogP contribution in [0.15, 0.2) is 54.1 Å². The van der Waals surface area contributed by atoms with Crippen molar-refractivity contribution >= 4 is 26.5 Å². The lowest BCUT2D eigenvalue weighted by Crippen LogP contribution is -2.51. The average Bonchev–Trinajstić information content (AvgIpc) is 3.58. The molecule has 0 nitrogen and oxygen atoms in total. The SMILES string of the molecule is CC[Si](CC)(CC)c1ccc2c(c1)Cc1c-2ccc([Si](CC)(CC)CC)c1C1(C2=CC=CC2)CCCCCC1. The van der Waals surface area contributed by atoms with Gasteiger partial charge in [-0.1, -0.05) is 168 Å². The lowest BCUT2D eigenvalue weighted by Gasteiger charge is -2.43. The van der Waals surface area contributed by atoms with Gasteiger partial charge < -0.3 is 0 Å². The third-order valence-corrected chi connectivity index (χ3v) is 23.4. The summed E-state index contributed by atoms with van der Waals surface area (Å²) in [6.07, 6.45) is 17.9. The molecule has 0 aromatic heterocycles. The molecule has 0 atom stereocenters. The van der Waals surface area contributed by atoms with E-state index >= 15 is 0 Å². The average molecular weight is 555 g/mol. The maximum Gasteiger partial charge on any atom is 0.0863 e. The largest absolute Gasteiger partial charge is 0.0863 e. The van der Waals surface area contributed by atoms with Crippen molar-refractivity contribution in [3.05, 3.63) is 70.8 Å². The number of rotatable bonds is 10. The summed E-state index contributed by atoms with van der Waals surface area (Å²) in [5.74, 6) is 0. The van der Waals surface area contributed by atoms with Crippen molar-refractivity contribution in [2.45, 2.75) is 135 Å². The minimum Gasteiger partial charge on any atom is -0.0804 e. The second-order valence-electron chi connectivity index (χ2n) is 13.1. The molecule has 210 valence electrons. The molecule has 0 aliphatic heterocycles. The standard InChI is InChI=1S/C37H54Si2/c1-7-38(8-2,9-3)31-21-22-32-29(27-31)28-34-33(32)23-24-35(39(10-4,11-5)12-6)36(34)37(30-19-15-16-20-30)25-17-13-14-18-26-37/h15-16,19,21-24,27H,7-14,17-18,20,25-26,28H2,1-6H3. The first-order valence-corrected chi connectivity index (χ1v) is 21.9. The second-order valence-corrected chi connectivity index (χ2v) is 23.5. The Labute approximate surface area is 242 Å². The van der Waals surface area contributed by atoms with Crippen LogP contribution in [0.1, 0.15) is 103 Å². The van der Waals surface area contributed by atoms with Crippen LogP contribution >= 0.6 is 0 Å². The predicted molar refractivity (Wildman–Crippen MR) is 180 cm³/mol. The first-order chi connectivity index (χ1) is 19.0. The van der Waals surface area contributed by atoms with Gasteiger partial charge in [-0.2, -0.15) is 0 Å². The van der Waals surface area contributed by atoms with Crippen LogP contribution in [0.2, 0.25) is 36.3 Å². The van der Waals surface area contributed by atoms with E-state index in [9.17, 15) is 0 Å². The summed E-state index contributed by atoms with van der Waals surface area (Å²) in [5.41, 5.74) is 10.3. The first-order valence-electron chi connectivity index (χ1n) is 16.6. The van der Waals surface area contributed by atoms with Crippen molar-refractivity contribution in [1.29, 1.82) is 0 Å². The Morgan fingerprint density at radius 1 is 0.692 bits per heavy atom. The Bertz CT molecular complexity index is 1210. The summed E-state index contributed by atoms with van der Waals surface area (Å²) >= 11 is 0. The minimum absolute atomic E-state index is 0.234. The molecule has 0 bridgehead atoms. The van der Waals surface area contributed by atoms with Gasteiger partial charge in [0.05, 0.1) is 16.1 Å². The van der Waals surface area contributed by atoms with Crippen molar-refractivity contribution in [2.75, 3.05) is 0 Å². The molecule has 0 heterocycles. The molecule has 0 amide bonds. The van der Waals surface area contributed by atoms with E-state index in [-0.39, 0.29) is 5.41 Å². The number of benzene rings is 2. The number of hydrogen-bond donors (Lipinski definition) is 0. The molecule has 3 aliphatic rings. The molecule has 0 saturated heterocycles. The maximum atomic E-state index is 2.70. The molecule has 0 unspecified atom stereocenters. The van der Waals surface area contributed by atoms with Crippen LogP contribution in [0.4, 0.5) is 0 Å². The Morgan fingerprint density at radius 2 is 1.31 bits per heavy atom. The molecule has 2 heteroatoms. The van der Waals surface area contributed by atoms with Crippen molar-refractivity contribution in [1.82, 2.24) is 0 Å². The van der Waals surface area contributed by atoms with Crippen molar-refractivity contribution in [3.8, 4) is 11.1 Å². The molecule has 2 aromatic rings. The molecule has 39 heavy (non-hydrogen) atoms. The van der Waals surface area contributed by atoms with Crippen LogP contribution in [0.3, 0.4) is 0 Å². The zero-order valence-corrected chi connectivity index (χ0v) is 28.0. The summed E-state index contributed by atoms with van der Waals surface area (Å²) in [4.78, 5) is 0. The van der Waals surface area contributed by atoms with Gasteiger partial charge >= 0.3 is 0 Å². The lowest BCUT2D eigenvalue weighted by molar-refractivity contribution is 0.430. The third-order valence-electron chi connectivity index (χ3n) is 12.1. The maximum absolute atomic E-state index is 2.70. The molecule has 2 aromatic carbocycles. The van der Waals surface area contributed by atoms with Crippen LogP contribution in [0.25, 0.3) is 11.1 Å². The van der Waals surface area contributed by atoms with Gasteiger partial charge in [-0.05, 0) is 53.5 Å². The van der Waals surface area contributed by atoms with Gasteiger partial charge in [0.25, 0.3) is 0 Å². The van der Waals surface area contributed by atoms with Gasteiger partial charge in [-0.3, -0.25) is 0 Å². The highest BCUT2D eigenvalue weighted by atomic mass is 28.3. The molecular weight excluding hydrogens is 501 g/mol. The Morgan fingerprint density at radius 3 is 1.87 bits per heavy atom. The third kappa shape index (κ3) is 4.62. The van der Waals surface area contributed by atoms with Gasteiger partial charge in [-0.15, -0.1) is 0 Å². The molecular formula is C37H54Si2. The fraction of sp³-hybridized carbons (Fsp3) is 0.568. The summed E-state index contributed by atoms with van der Waals surface area (Å²) in [6, 6.07) is 21.3. The van der Waals surface area contributed by atoms with Crippen LogP contribution < -0.4 is 10.4 Å². The van der Waals surface area contributed by atoms with Crippen LogP contribution in [-0.4, -0.2) is 16.1 Å². The molecule has 0 spiro atoms. The van der Waals surface area contributed by atoms with Crippen LogP contribution in [0, 0.1) is 0 Å². The normalized spacial score (nSPS) is 18.6. The van der Waals surface area contributed by atoms with E-state index in [0.29, 0.717) is 0 Å². The zero-order chi connectivity index (χ0) is 27.7. The Balaban J connectivity index is 1.76. The van der Waals surface area contributed by atoms with Gasteiger partial charge in [0, 0.05) is 5.41 Å². The monoisotopic (exact) mass is 554 g/mol. The van der Waals surface area contributed by atoms with Gasteiger partial charge in [0.2, 0.25) is 0 Å². The van der Waals surface area contributed by atoms with E-state index in [1.54, 1.807) is 33.0 Å². The summed E-state index contributed by atoms with van der Waals surface area (Å²) in [5, 5.41) is 3.56. The number of fused-ring (bicyclic) bond motifs is 3. The van der Waals surface area contributed by atoms with Crippen LogP contribution in [-0.2, 0) is 11.8 Å². The molecule has 5 rings (SSSR count). The molecule has 3 aliphatic carbocycles. The Hall–Kier alpha value is -1.65. The van der Waals surface area contributed by atoms with Crippen molar-refractivity contribution < 1.29 is 0 Å². The van der Waals surface area contributed by atoms with E-state index in [1.807, 2.05) is 10.8 Å². The van der Waals surface area contributed by atoms with E-state index in [1.165, 1.54) is 74.8 Å². The Kier molecular flexibility index (Phi) is 8.65. The fourth-order valence-corrected chi connectivity index (χ4v) is 16.8. The van der Waals surface area contributed by atoms with Gasteiger partial charge in [0.1, 0.15) is 0 Å². The second kappa shape index (κ2) is 11.7. The smallest absolute Gasteiger partial charge is 0.0804 e. The molecule has 1 fully saturated rings. The van der Waals surface area contributed by atoms with E-state index in [2.05, 4.69) is 90.1 Å².